The molecule has 132 valence electrons. The second-order valence-electron chi connectivity index (χ2n) is 4.73. The Balaban J connectivity index is 0. The molecule has 0 saturated carbocycles. The summed E-state index contributed by atoms with van der Waals surface area (Å²) in [6.07, 6.45) is -2.05. The van der Waals surface area contributed by atoms with E-state index in [1.165, 1.54) is 17.9 Å². The van der Waals surface area contributed by atoms with Crippen LogP contribution in [-0.2, 0) is 19.8 Å². The molecule has 0 aliphatic rings. The molecule has 22 heavy (non-hydrogen) atoms. The van der Waals surface area contributed by atoms with Crippen molar-refractivity contribution in [1.82, 2.24) is 20.0 Å². The Morgan fingerprint density at radius 1 is 1.23 bits per heavy atom. The highest BCUT2D eigenvalue weighted by molar-refractivity contribution is 5.85. The number of nitrogens with zero attached hydrogens (tertiary/aromatic N) is 3. The van der Waals surface area contributed by atoms with E-state index in [0.29, 0.717) is 6.54 Å². The molecule has 4 nitrogen and oxygen atoms in total. The van der Waals surface area contributed by atoms with Crippen LogP contribution in [0.15, 0.2) is 6.20 Å². The number of rotatable bonds is 8. The van der Waals surface area contributed by atoms with E-state index in [1.54, 1.807) is 0 Å². The summed E-state index contributed by atoms with van der Waals surface area (Å²) in [5.41, 5.74) is -0.598. The van der Waals surface area contributed by atoms with Gasteiger partial charge in [0.25, 0.3) is 0 Å². The molecule has 1 aromatic rings. The fourth-order valence-corrected chi connectivity index (χ4v) is 2.10. The van der Waals surface area contributed by atoms with Gasteiger partial charge in [-0.05, 0) is 32.6 Å². The highest BCUT2D eigenvalue weighted by Gasteiger charge is 2.36. The minimum atomic E-state index is -4.39. The minimum absolute atomic E-state index is 0. The summed E-state index contributed by atoms with van der Waals surface area (Å²) < 4.78 is 39.4. The van der Waals surface area contributed by atoms with Crippen LogP contribution in [-0.4, -0.2) is 40.9 Å². The van der Waals surface area contributed by atoms with Gasteiger partial charge in [-0.2, -0.15) is 18.3 Å². The van der Waals surface area contributed by atoms with E-state index >= 15 is 0 Å². The van der Waals surface area contributed by atoms with Crippen LogP contribution in [0.4, 0.5) is 13.2 Å². The van der Waals surface area contributed by atoms with E-state index in [-0.39, 0.29) is 36.9 Å². The van der Waals surface area contributed by atoms with Crippen molar-refractivity contribution in [3.63, 3.8) is 0 Å². The van der Waals surface area contributed by atoms with Crippen LogP contribution >= 0.6 is 24.8 Å². The van der Waals surface area contributed by atoms with Gasteiger partial charge in [0, 0.05) is 25.4 Å². The van der Waals surface area contributed by atoms with Gasteiger partial charge < -0.3 is 10.2 Å². The molecule has 0 aliphatic carbocycles. The van der Waals surface area contributed by atoms with Gasteiger partial charge in [0.1, 0.15) is 0 Å². The number of hydrogen-bond acceptors (Lipinski definition) is 3. The Kier molecular flexibility index (Phi) is 12.0. The Bertz CT molecular complexity index is 406. The number of alkyl halides is 3. The summed E-state index contributed by atoms with van der Waals surface area (Å²) in [4.78, 5) is 2.28. The lowest BCUT2D eigenvalue weighted by molar-refractivity contribution is -0.142. The van der Waals surface area contributed by atoms with Gasteiger partial charge in [0.15, 0.2) is 5.69 Å². The van der Waals surface area contributed by atoms with Gasteiger partial charge in [0.05, 0.1) is 0 Å². The van der Waals surface area contributed by atoms with Crippen LogP contribution in [0.3, 0.4) is 0 Å². The molecule has 0 aliphatic heterocycles. The van der Waals surface area contributed by atoms with Crippen LogP contribution in [0.1, 0.15) is 31.5 Å². The van der Waals surface area contributed by atoms with Crippen molar-refractivity contribution in [2.24, 2.45) is 7.05 Å². The topological polar surface area (TPSA) is 33.1 Å². The molecule has 0 bridgehead atoms. The second-order valence-corrected chi connectivity index (χ2v) is 4.73. The number of nitrogens with one attached hydrogen (secondary N) is 1. The third-order valence-electron chi connectivity index (χ3n) is 3.21. The van der Waals surface area contributed by atoms with E-state index < -0.39 is 11.9 Å². The molecule has 0 saturated heterocycles. The molecular formula is C13H25Cl2F3N4. The lowest BCUT2D eigenvalue weighted by atomic mass is 10.2. The smallest absolute Gasteiger partial charge is 0.312 e. The molecule has 0 atom stereocenters. The monoisotopic (exact) mass is 364 g/mol. The molecule has 1 heterocycles. The van der Waals surface area contributed by atoms with Crippen LogP contribution in [0.2, 0.25) is 0 Å². The SMILES string of the molecule is CCN(CC)CCCNCc1cn(C)nc1C(F)(F)F.Cl.Cl. The molecule has 0 amide bonds. The lowest BCUT2D eigenvalue weighted by Crippen LogP contribution is -2.27. The fraction of sp³-hybridized carbons (Fsp3) is 0.769. The Hall–Kier alpha value is -0.500. The van der Waals surface area contributed by atoms with E-state index in [0.717, 1.165) is 26.1 Å². The zero-order valence-corrected chi connectivity index (χ0v) is 14.7. The zero-order chi connectivity index (χ0) is 15.2. The summed E-state index contributed by atoms with van der Waals surface area (Å²) in [6.45, 7) is 8.04. The molecule has 9 heteroatoms. The number of aromatic nitrogens is 2. The van der Waals surface area contributed by atoms with E-state index in [4.69, 9.17) is 0 Å². The van der Waals surface area contributed by atoms with Gasteiger partial charge in [-0.15, -0.1) is 24.8 Å². The molecular weight excluding hydrogens is 340 g/mol. The van der Waals surface area contributed by atoms with Crippen LogP contribution in [0.5, 0.6) is 0 Å². The van der Waals surface area contributed by atoms with Gasteiger partial charge in [0.2, 0.25) is 0 Å². The van der Waals surface area contributed by atoms with Gasteiger partial charge >= 0.3 is 6.18 Å². The standard InChI is InChI=1S/C13H23F3N4.2ClH/c1-4-20(5-2)8-6-7-17-9-11-10-19(3)18-12(11)13(14,15)16;;/h10,17H,4-9H2,1-3H3;2*1H. The zero-order valence-electron chi connectivity index (χ0n) is 13.1. The van der Waals surface area contributed by atoms with Crippen molar-refractivity contribution in [2.75, 3.05) is 26.2 Å². The maximum Gasteiger partial charge on any atom is 0.435 e. The Morgan fingerprint density at radius 3 is 2.32 bits per heavy atom. The number of aryl methyl sites for hydroxylation is 1. The second kappa shape index (κ2) is 11.1. The average molecular weight is 365 g/mol. The quantitative estimate of drug-likeness (QED) is 0.719. The van der Waals surface area contributed by atoms with Gasteiger partial charge in [-0.1, -0.05) is 13.8 Å². The summed E-state index contributed by atoms with van der Waals surface area (Å²) in [5.74, 6) is 0. The van der Waals surface area contributed by atoms with Crippen molar-refractivity contribution in [1.29, 1.82) is 0 Å². The van der Waals surface area contributed by atoms with E-state index in [1.807, 2.05) is 0 Å². The van der Waals surface area contributed by atoms with Crippen molar-refractivity contribution in [2.45, 2.75) is 33.0 Å². The van der Waals surface area contributed by atoms with Crippen molar-refractivity contribution in [3.8, 4) is 0 Å². The summed E-state index contributed by atoms with van der Waals surface area (Å²) in [7, 11) is 1.50. The van der Waals surface area contributed by atoms with Gasteiger partial charge in [-0.3, -0.25) is 4.68 Å². The third-order valence-corrected chi connectivity index (χ3v) is 3.21. The first-order valence-electron chi connectivity index (χ1n) is 6.91. The highest BCUT2D eigenvalue weighted by Crippen LogP contribution is 2.30. The van der Waals surface area contributed by atoms with Crippen LogP contribution in [0.25, 0.3) is 0 Å². The predicted octanol–water partition coefficient (Wildman–Crippen LogP) is 3.10. The molecule has 1 rings (SSSR count). The third kappa shape index (κ3) is 7.67. The predicted molar refractivity (Wildman–Crippen MR) is 86.8 cm³/mol. The highest BCUT2D eigenvalue weighted by atomic mass is 35.5. The molecule has 1 aromatic heterocycles. The van der Waals surface area contributed by atoms with E-state index in [9.17, 15) is 13.2 Å². The normalized spacial score (nSPS) is 11.2. The summed E-state index contributed by atoms with van der Waals surface area (Å²) in [6, 6.07) is 0. The number of halogens is 5. The maximum absolute atomic E-state index is 12.7. The Labute approximate surface area is 142 Å². The molecule has 1 N–H and O–H groups in total. The van der Waals surface area contributed by atoms with Crippen LogP contribution < -0.4 is 5.32 Å². The minimum Gasteiger partial charge on any atom is -0.312 e. The first kappa shape index (κ1) is 23.8. The van der Waals surface area contributed by atoms with Crippen molar-refractivity contribution >= 4 is 24.8 Å². The van der Waals surface area contributed by atoms with Crippen molar-refractivity contribution < 1.29 is 13.2 Å². The molecule has 0 aromatic carbocycles. The molecule has 0 spiro atoms. The fourth-order valence-electron chi connectivity index (χ4n) is 2.10. The van der Waals surface area contributed by atoms with Gasteiger partial charge in [-0.25, -0.2) is 0 Å². The van der Waals surface area contributed by atoms with Crippen molar-refractivity contribution in [3.05, 3.63) is 17.5 Å². The largest absolute Gasteiger partial charge is 0.435 e. The molecule has 0 unspecified atom stereocenters. The first-order valence-corrected chi connectivity index (χ1v) is 6.91. The first-order chi connectivity index (χ1) is 9.38. The summed E-state index contributed by atoms with van der Waals surface area (Å²) >= 11 is 0. The lowest BCUT2D eigenvalue weighted by Gasteiger charge is -2.17. The number of hydrogen-bond donors (Lipinski definition) is 1. The maximum atomic E-state index is 12.7. The molecule has 0 radical (unpaired) electrons. The molecule has 0 fully saturated rings. The van der Waals surface area contributed by atoms with Crippen LogP contribution in [0, 0.1) is 0 Å². The van der Waals surface area contributed by atoms with E-state index in [2.05, 4.69) is 29.2 Å². The average Bonchev–Trinajstić information content (AvgIpc) is 2.75. The summed E-state index contributed by atoms with van der Waals surface area (Å²) in [5, 5.41) is 6.53. The Morgan fingerprint density at radius 2 is 1.82 bits per heavy atom.